The number of nitrogens with one attached hydrogen (secondary N) is 1. The number of fused-ring (bicyclic) bond motifs is 1. The highest BCUT2D eigenvalue weighted by molar-refractivity contribution is 5.94. The molecule has 1 N–H and O–H groups in total. The van der Waals surface area contributed by atoms with Gasteiger partial charge in [-0.1, -0.05) is 61.5 Å². The summed E-state index contributed by atoms with van der Waals surface area (Å²) in [6.07, 6.45) is 1.97. The van der Waals surface area contributed by atoms with Crippen molar-refractivity contribution in [2.45, 2.75) is 52.7 Å². The lowest BCUT2D eigenvalue weighted by atomic mass is 9.98. The fourth-order valence-electron chi connectivity index (χ4n) is 4.35. The van der Waals surface area contributed by atoms with E-state index in [1.165, 1.54) is 33.4 Å². The van der Waals surface area contributed by atoms with E-state index in [0.717, 1.165) is 38.0 Å². The second-order valence-electron chi connectivity index (χ2n) is 8.70. The van der Waals surface area contributed by atoms with Gasteiger partial charge in [-0.05, 0) is 72.2 Å². The van der Waals surface area contributed by atoms with Crippen LogP contribution in [-0.2, 0) is 19.5 Å². The Morgan fingerprint density at radius 1 is 0.968 bits per heavy atom. The van der Waals surface area contributed by atoms with Gasteiger partial charge < -0.3 is 5.32 Å². The molecule has 0 aliphatic carbocycles. The van der Waals surface area contributed by atoms with E-state index >= 15 is 0 Å². The summed E-state index contributed by atoms with van der Waals surface area (Å²) in [5.41, 5.74) is 8.57. The van der Waals surface area contributed by atoms with Crippen molar-refractivity contribution in [3.63, 3.8) is 0 Å². The Morgan fingerprint density at radius 2 is 1.71 bits per heavy atom. The van der Waals surface area contributed by atoms with Crippen LogP contribution < -0.4 is 5.32 Å². The molecule has 0 saturated carbocycles. The number of rotatable bonds is 6. The standard InChI is InChI=1S/C28H32N2O/c1-4-27(25-12-9-20(2)21(3)17-25)29-28(31)24-13-10-22(11-14-24)18-30-16-15-23-7-5-6-8-26(23)19-30/h5-14,17,27H,4,15-16,18-19H2,1-3H3,(H,29,31)/t27-/m1/s1. The van der Waals surface area contributed by atoms with Gasteiger partial charge in [0.1, 0.15) is 0 Å². The molecule has 160 valence electrons. The first-order valence-corrected chi connectivity index (χ1v) is 11.3. The number of nitrogens with zero attached hydrogens (tertiary/aromatic N) is 1. The predicted molar refractivity (Wildman–Crippen MR) is 127 cm³/mol. The molecule has 0 unspecified atom stereocenters. The lowest BCUT2D eigenvalue weighted by molar-refractivity contribution is 0.0935. The minimum absolute atomic E-state index is 0.0106. The van der Waals surface area contributed by atoms with E-state index in [4.69, 9.17) is 0 Å². The summed E-state index contributed by atoms with van der Waals surface area (Å²) in [5.74, 6) is -0.0106. The Kier molecular flexibility index (Phi) is 6.53. The van der Waals surface area contributed by atoms with Gasteiger partial charge in [-0.15, -0.1) is 0 Å². The molecule has 0 aromatic heterocycles. The summed E-state index contributed by atoms with van der Waals surface area (Å²) in [4.78, 5) is 15.3. The van der Waals surface area contributed by atoms with Gasteiger partial charge in [0.25, 0.3) is 5.91 Å². The van der Waals surface area contributed by atoms with Crippen molar-refractivity contribution in [3.8, 4) is 0 Å². The summed E-state index contributed by atoms with van der Waals surface area (Å²) in [5, 5.41) is 3.21. The third kappa shape index (κ3) is 5.05. The molecule has 0 saturated heterocycles. The first kappa shape index (κ1) is 21.3. The Hall–Kier alpha value is -2.91. The second kappa shape index (κ2) is 9.49. The van der Waals surface area contributed by atoms with E-state index in [-0.39, 0.29) is 11.9 Å². The number of carbonyl (C=O) groups excluding carboxylic acids is 1. The van der Waals surface area contributed by atoms with Crippen LogP contribution in [0.5, 0.6) is 0 Å². The molecular formula is C28H32N2O. The van der Waals surface area contributed by atoms with Gasteiger partial charge in [-0.3, -0.25) is 9.69 Å². The lowest BCUT2D eigenvalue weighted by Crippen LogP contribution is -2.30. The molecule has 1 aliphatic heterocycles. The second-order valence-corrected chi connectivity index (χ2v) is 8.70. The molecule has 1 atom stereocenters. The third-order valence-electron chi connectivity index (χ3n) is 6.48. The average Bonchev–Trinajstić information content (AvgIpc) is 2.79. The average molecular weight is 413 g/mol. The zero-order chi connectivity index (χ0) is 21.8. The number of amides is 1. The minimum Gasteiger partial charge on any atom is -0.345 e. The van der Waals surface area contributed by atoms with Crippen molar-refractivity contribution in [1.82, 2.24) is 10.2 Å². The highest BCUT2D eigenvalue weighted by Gasteiger charge is 2.17. The summed E-state index contributed by atoms with van der Waals surface area (Å²) in [6, 6.07) is 23.3. The summed E-state index contributed by atoms with van der Waals surface area (Å²) >= 11 is 0. The number of aryl methyl sites for hydroxylation is 2. The molecule has 3 aromatic rings. The van der Waals surface area contributed by atoms with E-state index in [0.29, 0.717) is 0 Å². The number of benzene rings is 3. The van der Waals surface area contributed by atoms with Crippen LogP contribution >= 0.6 is 0 Å². The van der Waals surface area contributed by atoms with Gasteiger partial charge in [0.2, 0.25) is 0 Å². The largest absolute Gasteiger partial charge is 0.345 e. The van der Waals surface area contributed by atoms with Crippen LogP contribution in [0.25, 0.3) is 0 Å². The van der Waals surface area contributed by atoms with Crippen molar-refractivity contribution in [2.75, 3.05) is 6.54 Å². The van der Waals surface area contributed by atoms with Gasteiger partial charge >= 0.3 is 0 Å². The smallest absolute Gasteiger partial charge is 0.251 e. The topological polar surface area (TPSA) is 32.3 Å². The fraction of sp³-hybridized carbons (Fsp3) is 0.321. The number of hydrogen-bond acceptors (Lipinski definition) is 2. The molecule has 4 rings (SSSR count). The van der Waals surface area contributed by atoms with Crippen LogP contribution in [0.1, 0.15) is 63.1 Å². The highest BCUT2D eigenvalue weighted by atomic mass is 16.1. The molecule has 3 heteroatoms. The zero-order valence-corrected chi connectivity index (χ0v) is 18.8. The molecule has 3 nitrogen and oxygen atoms in total. The Bertz CT molecular complexity index is 1050. The van der Waals surface area contributed by atoms with E-state index < -0.39 is 0 Å². The summed E-state index contributed by atoms with van der Waals surface area (Å²) in [7, 11) is 0. The first-order valence-electron chi connectivity index (χ1n) is 11.3. The van der Waals surface area contributed by atoms with Crippen LogP contribution in [-0.4, -0.2) is 17.4 Å². The van der Waals surface area contributed by atoms with Crippen molar-refractivity contribution in [1.29, 1.82) is 0 Å². The Morgan fingerprint density at radius 3 is 2.42 bits per heavy atom. The van der Waals surface area contributed by atoms with Crippen LogP contribution in [0.3, 0.4) is 0 Å². The predicted octanol–water partition coefficient (Wildman–Crippen LogP) is 5.74. The molecule has 1 amide bonds. The van der Waals surface area contributed by atoms with Crippen LogP contribution in [0.15, 0.2) is 66.7 Å². The maximum absolute atomic E-state index is 12.9. The fourth-order valence-corrected chi connectivity index (χ4v) is 4.35. The maximum Gasteiger partial charge on any atom is 0.251 e. The van der Waals surface area contributed by atoms with Crippen molar-refractivity contribution in [3.05, 3.63) is 106 Å². The van der Waals surface area contributed by atoms with Gasteiger partial charge in [0.05, 0.1) is 6.04 Å². The quantitative estimate of drug-likeness (QED) is 0.560. The summed E-state index contributed by atoms with van der Waals surface area (Å²) < 4.78 is 0. The molecule has 31 heavy (non-hydrogen) atoms. The van der Waals surface area contributed by atoms with E-state index in [1.54, 1.807) is 0 Å². The monoisotopic (exact) mass is 412 g/mol. The molecule has 0 radical (unpaired) electrons. The Labute approximate surface area is 186 Å². The normalized spacial score (nSPS) is 14.7. The molecule has 0 spiro atoms. The number of hydrogen-bond donors (Lipinski definition) is 1. The number of carbonyl (C=O) groups is 1. The molecule has 1 heterocycles. The van der Waals surface area contributed by atoms with Gasteiger partial charge in [-0.25, -0.2) is 0 Å². The van der Waals surface area contributed by atoms with Crippen LogP contribution in [0.2, 0.25) is 0 Å². The molecule has 0 fully saturated rings. The SMILES string of the molecule is CC[C@@H](NC(=O)c1ccc(CN2CCc3ccccc3C2)cc1)c1ccc(C)c(C)c1. The highest BCUT2D eigenvalue weighted by Crippen LogP contribution is 2.22. The van der Waals surface area contributed by atoms with Crippen molar-refractivity contribution in [2.24, 2.45) is 0 Å². The maximum atomic E-state index is 12.9. The first-order chi connectivity index (χ1) is 15.0. The lowest BCUT2D eigenvalue weighted by Gasteiger charge is -2.28. The molecule has 1 aliphatic rings. The van der Waals surface area contributed by atoms with Crippen LogP contribution in [0.4, 0.5) is 0 Å². The van der Waals surface area contributed by atoms with Crippen LogP contribution in [0, 0.1) is 13.8 Å². The van der Waals surface area contributed by atoms with Crippen molar-refractivity contribution >= 4 is 5.91 Å². The Balaban J connectivity index is 1.38. The van der Waals surface area contributed by atoms with Gasteiger partial charge in [0.15, 0.2) is 0 Å². The van der Waals surface area contributed by atoms with E-state index in [2.05, 4.69) is 85.6 Å². The van der Waals surface area contributed by atoms with Gasteiger partial charge in [-0.2, -0.15) is 0 Å². The summed E-state index contributed by atoms with van der Waals surface area (Å²) in [6.45, 7) is 9.33. The van der Waals surface area contributed by atoms with Crippen molar-refractivity contribution < 1.29 is 4.79 Å². The van der Waals surface area contributed by atoms with E-state index in [1.807, 2.05) is 12.1 Å². The minimum atomic E-state index is -0.0106. The molecule has 0 bridgehead atoms. The zero-order valence-electron chi connectivity index (χ0n) is 18.8. The van der Waals surface area contributed by atoms with E-state index in [9.17, 15) is 4.79 Å². The molecular weight excluding hydrogens is 380 g/mol. The molecule has 3 aromatic carbocycles. The third-order valence-corrected chi connectivity index (χ3v) is 6.48. The van der Waals surface area contributed by atoms with Gasteiger partial charge in [0, 0.05) is 25.2 Å².